The minimum absolute atomic E-state index is 0.521. The third-order valence-electron chi connectivity index (χ3n) is 14.2. The van der Waals surface area contributed by atoms with Gasteiger partial charge in [0, 0.05) is 43.1 Å². The molecule has 0 bridgehead atoms. The minimum atomic E-state index is 0.521. The van der Waals surface area contributed by atoms with E-state index in [9.17, 15) is 0 Å². The topological polar surface area (TPSA) is 58.4 Å². The van der Waals surface area contributed by atoms with Crippen LogP contribution in [0, 0.1) is 0 Å². The summed E-state index contributed by atoms with van der Waals surface area (Å²) in [6, 6.07) is 84.5. The normalized spacial score (nSPS) is 12.0. The third kappa shape index (κ3) is 5.54. The molecule has 0 aliphatic carbocycles. The Morgan fingerprint density at radius 2 is 0.486 bits per heavy atom. The summed E-state index contributed by atoms with van der Waals surface area (Å²) in [5, 5.41) is 9.18. The van der Waals surface area contributed by atoms with Crippen molar-refractivity contribution < 1.29 is 0 Å². The van der Waals surface area contributed by atoms with Crippen LogP contribution in [0.5, 0.6) is 0 Å². The van der Waals surface area contributed by atoms with E-state index in [0.29, 0.717) is 17.7 Å². The number of aromatic nitrogens is 7. The maximum absolute atomic E-state index is 5.78. The maximum atomic E-state index is 5.78. The molecule has 7 nitrogen and oxygen atoms in total. The first kappa shape index (κ1) is 38.5. The quantitative estimate of drug-likeness (QED) is 0.167. The Morgan fingerprint density at radius 1 is 0.229 bits per heavy atom. The zero-order valence-corrected chi connectivity index (χ0v) is 37.6. The number of benzene rings is 10. The molecule has 10 aromatic carbocycles. The van der Waals surface area contributed by atoms with Crippen LogP contribution in [0.1, 0.15) is 0 Å². The molecule has 70 heavy (non-hydrogen) atoms. The molecule has 7 heteroatoms. The van der Waals surface area contributed by atoms with E-state index in [1.54, 1.807) is 0 Å². The largest absolute Gasteiger partial charge is 0.308 e. The number of nitrogens with zero attached hydrogens (tertiary/aromatic N) is 7. The zero-order chi connectivity index (χ0) is 45.9. The molecule has 15 rings (SSSR count). The highest BCUT2D eigenvalue weighted by atomic mass is 15.3. The second kappa shape index (κ2) is 15.0. The van der Waals surface area contributed by atoms with Crippen LogP contribution in [-0.4, -0.2) is 33.2 Å². The molecule has 0 amide bonds. The predicted octanol–water partition coefficient (Wildman–Crippen LogP) is 15.6. The Balaban J connectivity index is 1.18. The summed E-state index contributed by atoms with van der Waals surface area (Å²) >= 11 is 0. The zero-order valence-electron chi connectivity index (χ0n) is 37.6. The van der Waals surface area contributed by atoms with Gasteiger partial charge in [-0.25, -0.2) is 0 Å². The first-order valence-corrected chi connectivity index (χ1v) is 23.7. The Hall–Kier alpha value is -9.59. The number of para-hydroxylation sites is 8. The van der Waals surface area contributed by atoms with Gasteiger partial charge in [-0.2, -0.15) is 15.0 Å². The third-order valence-corrected chi connectivity index (χ3v) is 14.2. The first-order chi connectivity index (χ1) is 34.8. The molecular weight excluding hydrogens is 855 g/mol. The number of hydrogen-bond acceptors (Lipinski definition) is 3. The molecule has 5 heterocycles. The van der Waals surface area contributed by atoms with Gasteiger partial charge in [0.1, 0.15) is 0 Å². The molecule has 0 saturated carbocycles. The highest BCUT2D eigenvalue weighted by Crippen LogP contribution is 2.44. The van der Waals surface area contributed by atoms with Crippen LogP contribution in [0.4, 0.5) is 0 Å². The van der Waals surface area contributed by atoms with Crippen LogP contribution in [0.15, 0.2) is 237 Å². The van der Waals surface area contributed by atoms with E-state index in [0.717, 1.165) is 93.7 Å². The highest BCUT2D eigenvalue weighted by molar-refractivity contribution is 6.13. The van der Waals surface area contributed by atoms with Gasteiger partial charge in [0.25, 0.3) is 0 Å². The second-order valence-electron chi connectivity index (χ2n) is 18.0. The van der Waals surface area contributed by atoms with Gasteiger partial charge in [-0.05, 0) is 71.8 Å². The molecule has 0 saturated heterocycles. The van der Waals surface area contributed by atoms with Crippen LogP contribution in [0.25, 0.3) is 133 Å². The minimum Gasteiger partial charge on any atom is -0.308 e. The number of fused-ring (bicyclic) bond motifs is 12. The lowest BCUT2D eigenvalue weighted by molar-refractivity contribution is 0.891. The van der Waals surface area contributed by atoms with Crippen LogP contribution >= 0.6 is 0 Å². The van der Waals surface area contributed by atoms with Gasteiger partial charge in [-0.1, -0.05) is 176 Å². The maximum Gasteiger partial charge on any atom is 0.240 e. The van der Waals surface area contributed by atoms with Crippen LogP contribution in [-0.2, 0) is 0 Å². The van der Waals surface area contributed by atoms with Gasteiger partial charge >= 0.3 is 0 Å². The molecule has 0 aliphatic rings. The summed E-state index contributed by atoms with van der Waals surface area (Å²) in [7, 11) is 0. The van der Waals surface area contributed by atoms with Crippen molar-refractivity contribution in [2.75, 3.05) is 0 Å². The molecule has 0 spiro atoms. The van der Waals surface area contributed by atoms with E-state index < -0.39 is 0 Å². The molecular formula is C63H39N7. The van der Waals surface area contributed by atoms with Gasteiger partial charge in [0.15, 0.2) is 5.82 Å². The van der Waals surface area contributed by atoms with E-state index in [1.165, 1.54) is 21.5 Å². The second-order valence-corrected chi connectivity index (χ2v) is 18.0. The summed E-state index contributed by atoms with van der Waals surface area (Å²) < 4.78 is 9.28. The van der Waals surface area contributed by atoms with Gasteiger partial charge in [-0.3, -0.25) is 9.13 Å². The highest BCUT2D eigenvalue weighted by Gasteiger charge is 2.28. The molecule has 0 aliphatic heterocycles. The molecule has 5 aromatic heterocycles. The summed E-state index contributed by atoms with van der Waals surface area (Å²) in [4.78, 5) is 17.1. The van der Waals surface area contributed by atoms with Crippen molar-refractivity contribution >= 4 is 87.2 Å². The Kier molecular flexibility index (Phi) is 8.23. The fourth-order valence-corrected chi connectivity index (χ4v) is 11.3. The summed E-state index contributed by atoms with van der Waals surface area (Å²) in [5.74, 6) is 1.58. The van der Waals surface area contributed by atoms with E-state index in [2.05, 4.69) is 255 Å². The monoisotopic (exact) mass is 893 g/mol. The van der Waals surface area contributed by atoms with Crippen molar-refractivity contribution in [2.24, 2.45) is 0 Å². The molecule has 15 aromatic rings. The van der Waals surface area contributed by atoms with Gasteiger partial charge < -0.3 is 9.13 Å². The van der Waals surface area contributed by atoms with Gasteiger partial charge in [0.05, 0.1) is 61.1 Å². The van der Waals surface area contributed by atoms with Crippen molar-refractivity contribution in [1.82, 2.24) is 33.2 Å². The Labute approximate surface area is 401 Å². The standard InChI is InChI=1S/C63H39N7/c1-2-20-40(21-3-1)41-38-58(67-50-30-12-4-22-42(50)43-23-5-13-31-51(43)67)60(59(39-41)68-52-32-14-6-24-44(52)45-25-7-15-33-53(45)68)61-64-62(69-54-34-16-8-26-46(54)47-27-9-17-35-55(47)69)66-63(65-61)70-56-36-18-10-28-48(56)49-29-11-19-37-57(49)70/h1-39H. The molecule has 0 atom stereocenters. The fourth-order valence-electron chi connectivity index (χ4n) is 11.3. The summed E-state index contributed by atoms with van der Waals surface area (Å²) in [5.41, 5.74) is 13.3. The van der Waals surface area contributed by atoms with E-state index in [4.69, 9.17) is 15.0 Å². The molecule has 0 unspecified atom stereocenters. The average molecular weight is 894 g/mol. The summed E-state index contributed by atoms with van der Waals surface area (Å²) in [6.45, 7) is 0. The Bertz CT molecular complexity index is 4130. The van der Waals surface area contributed by atoms with Crippen LogP contribution in [0.2, 0.25) is 0 Å². The van der Waals surface area contributed by atoms with Gasteiger partial charge in [-0.15, -0.1) is 0 Å². The van der Waals surface area contributed by atoms with Crippen molar-refractivity contribution in [2.45, 2.75) is 0 Å². The van der Waals surface area contributed by atoms with Crippen molar-refractivity contribution in [3.8, 4) is 45.8 Å². The van der Waals surface area contributed by atoms with Crippen LogP contribution < -0.4 is 0 Å². The first-order valence-electron chi connectivity index (χ1n) is 23.7. The smallest absolute Gasteiger partial charge is 0.240 e. The Morgan fingerprint density at radius 3 is 0.786 bits per heavy atom. The van der Waals surface area contributed by atoms with Crippen molar-refractivity contribution in [1.29, 1.82) is 0 Å². The SMILES string of the molecule is c1ccc(-c2cc(-n3c4ccccc4c4ccccc43)c(-c3nc(-n4c5ccccc5c5ccccc54)nc(-n4c5ccccc5c5ccccc54)n3)c(-n3c4ccccc4c4ccccc43)c2)cc1. The molecule has 0 fully saturated rings. The van der Waals surface area contributed by atoms with Crippen molar-refractivity contribution in [3.63, 3.8) is 0 Å². The van der Waals surface area contributed by atoms with E-state index in [1.807, 2.05) is 0 Å². The molecule has 0 N–H and O–H groups in total. The lowest BCUT2D eigenvalue weighted by Crippen LogP contribution is -2.12. The van der Waals surface area contributed by atoms with Crippen molar-refractivity contribution in [3.05, 3.63) is 237 Å². The average Bonchev–Trinajstić information content (AvgIpc) is 4.16. The number of hydrogen-bond donors (Lipinski definition) is 0. The predicted molar refractivity (Wildman–Crippen MR) is 288 cm³/mol. The van der Waals surface area contributed by atoms with E-state index in [-0.39, 0.29) is 0 Å². The van der Waals surface area contributed by atoms with Gasteiger partial charge in [0.2, 0.25) is 11.9 Å². The molecule has 326 valence electrons. The molecule has 0 radical (unpaired) electrons. The fraction of sp³-hybridized carbons (Fsp3) is 0. The lowest BCUT2D eigenvalue weighted by atomic mass is 9.99. The van der Waals surface area contributed by atoms with E-state index >= 15 is 0 Å². The number of rotatable bonds is 6. The summed E-state index contributed by atoms with van der Waals surface area (Å²) in [6.07, 6.45) is 0. The lowest BCUT2D eigenvalue weighted by Gasteiger charge is -2.22. The van der Waals surface area contributed by atoms with Crippen LogP contribution in [0.3, 0.4) is 0 Å².